The highest BCUT2D eigenvalue weighted by molar-refractivity contribution is 8.22. The van der Waals surface area contributed by atoms with Gasteiger partial charge in [0, 0.05) is 17.8 Å². The Morgan fingerprint density at radius 3 is 1.85 bits per heavy atom. The number of quaternary nitrogens is 1. The number of hydrogen-bond acceptors (Lipinski definition) is 3. The van der Waals surface area contributed by atoms with Crippen LogP contribution in [0.5, 0.6) is 0 Å². The smallest absolute Gasteiger partial charge is 0.136 e. The van der Waals surface area contributed by atoms with Crippen LogP contribution < -0.4 is 0 Å². The number of nitrogens with zero attached hydrogens (tertiary/aromatic N) is 2. The van der Waals surface area contributed by atoms with Crippen molar-refractivity contribution in [2.75, 3.05) is 18.8 Å². The lowest BCUT2D eigenvalue weighted by atomic mass is 10.1. The molecule has 3 nitrogen and oxygen atoms in total. The lowest BCUT2D eigenvalue weighted by Crippen LogP contribution is -2.61. The van der Waals surface area contributed by atoms with Crippen LogP contribution in [0.15, 0.2) is 0 Å². The topological polar surface area (TPSA) is 23.5 Å². The molecule has 0 heterocycles. The molecule has 0 bridgehead atoms. The van der Waals surface area contributed by atoms with E-state index in [1.165, 1.54) is 25.7 Å². The zero-order valence-corrected chi connectivity index (χ0v) is 21.1. The molecule has 0 rings (SSSR count). The second kappa shape index (κ2) is 13.4. The number of unbranched alkanes of at least 4 members (excludes halogenated alkanes) is 3. The molecule has 0 aliphatic heterocycles. The van der Waals surface area contributed by atoms with Crippen molar-refractivity contribution in [3.05, 3.63) is 0 Å². The molecule has 0 aliphatic carbocycles. The molecular formula is C22H47N2OS2+. The Balaban J connectivity index is 4.93. The van der Waals surface area contributed by atoms with Gasteiger partial charge in [0.15, 0.2) is 0 Å². The molecule has 0 fully saturated rings. The van der Waals surface area contributed by atoms with Crippen molar-refractivity contribution in [2.45, 2.75) is 118 Å². The molecule has 1 N–H and O–H groups in total. The number of aliphatic hydroxyl groups excluding tert-OH is 1. The van der Waals surface area contributed by atoms with Crippen molar-refractivity contribution in [1.29, 1.82) is 0 Å². The Bertz CT molecular complexity index is 395. The minimum absolute atomic E-state index is 0.329. The first-order chi connectivity index (χ1) is 12.5. The van der Waals surface area contributed by atoms with Crippen LogP contribution in [0.3, 0.4) is 0 Å². The Hall–Kier alpha value is 0.160. The summed E-state index contributed by atoms with van der Waals surface area (Å²) in [6.45, 7) is 22.2. The summed E-state index contributed by atoms with van der Waals surface area (Å²) in [5, 5.41) is 10.9. The quantitative estimate of drug-likeness (QED) is 0.235. The number of thioether (sulfide) groups is 1. The first kappa shape index (κ1) is 27.2. The van der Waals surface area contributed by atoms with E-state index in [2.05, 4.69) is 67.2 Å². The van der Waals surface area contributed by atoms with Gasteiger partial charge in [-0.3, -0.25) is 0 Å². The molecule has 0 amide bonds. The van der Waals surface area contributed by atoms with Crippen LogP contribution >= 0.6 is 24.0 Å². The summed E-state index contributed by atoms with van der Waals surface area (Å²) in [5.74, 6) is 0.684. The summed E-state index contributed by atoms with van der Waals surface area (Å²) in [5.41, 5.74) is 0. The van der Waals surface area contributed by atoms with E-state index in [9.17, 15) is 5.11 Å². The van der Waals surface area contributed by atoms with E-state index in [1.54, 1.807) is 11.8 Å². The van der Waals surface area contributed by atoms with Crippen LogP contribution in [-0.2, 0) is 0 Å². The van der Waals surface area contributed by atoms with Crippen LogP contribution in [0.2, 0.25) is 0 Å². The highest BCUT2D eigenvalue weighted by Crippen LogP contribution is 2.24. The average Bonchev–Trinajstić information content (AvgIpc) is 2.54. The lowest BCUT2D eigenvalue weighted by Gasteiger charge is -2.47. The fourth-order valence-electron chi connectivity index (χ4n) is 4.16. The van der Waals surface area contributed by atoms with E-state index in [4.69, 9.17) is 12.2 Å². The molecule has 0 radical (unpaired) electrons. The average molecular weight is 420 g/mol. The fraction of sp³-hybridized carbons (Fsp3) is 0.955. The van der Waals surface area contributed by atoms with Gasteiger partial charge in [-0.25, -0.2) is 0 Å². The van der Waals surface area contributed by atoms with Crippen molar-refractivity contribution in [1.82, 2.24) is 4.90 Å². The third kappa shape index (κ3) is 9.01. The van der Waals surface area contributed by atoms with Gasteiger partial charge >= 0.3 is 0 Å². The summed E-state index contributed by atoms with van der Waals surface area (Å²) < 4.78 is 1.91. The van der Waals surface area contributed by atoms with Crippen LogP contribution in [0.1, 0.15) is 88.0 Å². The molecule has 0 aromatic heterocycles. The van der Waals surface area contributed by atoms with E-state index in [-0.39, 0.29) is 6.10 Å². The predicted molar refractivity (Wildman–Crippen MR) is 128 cm³/mol. The van der Waals surface area contributed by atoms with Crippen LogP contribution in [0.25, 0.3) is 0 Å². The summed E-state index contributed by atoms with van der Waals surface area (Å²) in [7, 11) is 0. The maximum absolute atomic E-state index is 10.9. The summed E-state index contributed by atoms with van der Waals surface area (Å²) in [6, 6.07) is 1.81. The maximum Gasteiger partial charge on any atom is 0.136 e. The highest BCUT2D eigenvalue weighted by Gasteiger charge is 2.36. The second-order valence-electron chi connectivity index (χ2n) is 9.08. The molecule has 0 aromatic carbocycles. The minimum atomic E-state index is -0.329. The van der Waals surface area contributed by atoms with E-state index in [0.29, 0.717) is 29.9 Å². The Morgan fingerprint density at radius 1 is 0.926 bits per heavy atom. The molecular weight excluding hydrogens is 372 g/mol. The monoisotopic (exact) mass is 419 g/mol. The standard InChI is InChI=1S/C22H47N2OS2/c1-10-11-12-13-14-24(19(6)7,20(8)9)15-21(25)16-27-22(26)23(17(2)3)18(4)5/h17-21,25H,10-16H2,1-9H3/q+1. The minimum Gasteiger partial charge on any atom is -0.386 e. The first-order valence-electron chi connectivity index (χ1n) is 11.0. The van der Waals surface area contributed by atoms with Crippen molar-refractivity contribution >= 4 is 28.3 Å². The Labute approximate surface area is 179 Å². The van der Waals surface area contributed by atoms with Crippen LogP contribution in [0.4, 0.5) is 0 Å². The second-order valence-corrected chi connectivity index (χ2v) is 10.7. The molecule has 162 valence electrons. The van der Waals surface area contributed by atoms with E-state index >= 15 is 0 Å². The van der Waals surface area contributed by atoms with Gasteiger partial charge in [0.05, 0.1) is 18.6 Å². The molecule has 1 unspecified atom stereocenters. The van der Waals surface area contributed by atoms with Gasteiger partial charge in [0.1, 0.15) is 17.0 Å². The molecule has 0 aliphatic rings. The predicted octanol–water partition coefficient (Wildman–Crippen LogP) is 5.70. The van der Waals surface area contributed by atoms with E-state index in [1.807, 2.05) is 0 Å². The molecule has 0 aromatic rings. The third-order valence-electron chi connectivity index (χ3n) is 5.76. The molecule has 0 saturated heterocycles. The zero-order valence-electron chi connectivity index (χ0n) is 19.5. The molecule has 5 heteroatoms. The van der Waals surface area contributed by atoms with Gasteiger partial charge in [-0.1, -0.05) is 43.7 Å². The van der Waals surface area contributed by atoms with Crippen molar-refractivity contribution < 1.29 is 9.59 Å². The number of aliphatic hydroxyl groups is 1. The molecule has 27 heavy (non-hydrogen) atoms. The van der Waals surface area contributed by atoms with Crippen LogP contribution in [0, 0.1) is 0 Å². The summed E-state index contributed by atoms with van der Waals surface area (Å²) in [6.07, 6.45) is 4.79. The van der Waals surface area contributed by atoms with Gasteiger partial charge in [0.25, 0.3) is 0 Å². The maximum atomic E-state index is 10.9. The third-order valence-corrected chi connectivity index (χ3v) is 7.33. The lowest BCUT2D eigenvalue weighted by molar-refractivity contribution is -0.969. The van der Waals surface area contributed by atoms with E-state index < -0.39 is 0 Å². The Morgan fingerprint density at radius 2 is 1.44 bits per heavy atom. The molecule has 1 atom stereocenters. The van der Waals surface area contributed by atoms with Gasteiger partial charge in [0.2, 0.25) is 0 Å². The zero-order chi connectivity index (χ0) is 21.2. The van der Waals surface area contributed by atoms with Gasteiger partial charge in [-0.05, 0) is 68.2 Å². The van der Waals surface area contributed by atoms with Gasteiger partial charge in [-0.15, -0.1) is 0 Å². The molecule has 0 spiro atoms. The number of hydrogen-bond donors (Lipinski definition) is 1. The van der Waals surface area contributed by atoms with Crippen molar-refractivity contribution in [2.24, 2.45) is 0 Å². The van der Waals surface area contributed by atoms with Gasteiger partial charge < -0.3 is 14.5 Å². The van der Waals surface area contributed by atoms with E-state index in [0.717, 1.165) is 21.9 Å². The summed E-state index contributed by atoms with van der Waals surface area (Å²) in [4.78, 5) is 2.27. The first-order valence-corrected chi connectivity index (χ1v) is 12.4. The largest absolute Gasteiger partial charge is 0.386 e. The number of rotatable bonds is 13. The Kier molecular flexibility index (Phi) is 13.5. The fourth-order valence-corrected chi connectivity index (χ4v) is 5.80. The highest BCUT2D eigenvalue weighted by atomic mass is 32.2. The van der Waals surface area contributed by atoms with Crippen LogP contribution in [-0.4, -0.2) is 67.9 Å². The van der Waals surface area contributed by atoms with Crippen molar-refractivity contribution in [3.63, 3.8) is 0 Å². The summed E-state index contributed by atoms with van der Waals surface area (Å²) >= 11 is 7.31. The van der Waals surface area contributed by atoms with Gasteiger partial charge in [-0.2, -0.15) is 0 Å². The normalized spacial score (nSPS) is 13.9. The molecule has 0 saturated carbocycles. The SMILES string of the molecule is CCCCCC[N+](CC(O)CSC(=S)N(C(C)C)C(C)C)(C(C)C)C(C)C. The number of thiocarbonyl (C=S) groups is 1. The van der Waals surface area contributed by atoms with Crippen molar-refractivity contribution in [3.8, 4) is 0 Å².